The Balaban J connectivity index is 1.65. The summed E-state index contributed by atoms with van der Waals surface area (Å²) in [7, 11) is -7.82. The van der Waals surface area contributed by atoms with Crippen molar-refractivity contribution in [1.82, 2.24) is 0 Å². The lowest BCUT2D eigenvalue weighted by Gasteiger charge is -2.11. The van der Waals surface area contributed by atoms with Crippen molar-refractivity contribution in [3.05, 3.63) is 72.8 Å². The first kappa shape index (κ1) is 32.7. The molecule has 0 aliphatic rings. The van der Waals surface area contributed by atoms with Crippen LogP contribution in [0.2, 0.25) is 0 Å². The molecule has 0 fully saturated rings. The smallest absolute Gasteiger partial charge is 0.296 e. The highest BCUT2D eigenvalue weighted by Gasteiger charge is 2.21. The van der Waals surface area contributed by atoms with E-state index in [1.807, 2.05) is 0 Å². The van der Waals surface area contributed by atoms with Crippen molar-refractivity contribution in [3.63, 3.8) is 0 Å². The Morgan fingerprint density at radius 1 is 0.761 bits per heavy atom. The molecule has 238 valence electrons. The molecule has 0 saturated heterocycles. The summed E-state index contributed by atoms with van der Waals surface area (Å²) in [5.41, 5.74) is 6.06. The Morgan fingerprint density at radius 2 is 1.43 bits per heavy atom. The Bertz CT molecular complexity index is 2260. The fourth-order valence-electron chi connectivity index (χ4n) is 4.32. The second-order valence-electron chi connectivity index (χ2n) is 9.27. The number of fused-ring (bicyclic) bond motifs is 2. The van der Waals surface area contributed by atoms with E-state index in [9.17, 15) is 31.0 Å². The minimum Gasteiger partial charge on any atom is -0.505 e. The first-order chi connectivity index (χ1) is 21.8. The third-order valence-corrected chi connectivity index (χ3v) is 8.84. The van der Waals surface area contributed by atoms with E-state index in [0.717, 1.165) is 18.2 Å². The van der Waals surface area contributed by atoms with Crippen molar-refractivity contribution in [3.8, 4) is 11.5 Å². The molecular weight excluding hydrogens is 667 g/mol. The van der Waals surface area contributed by atoms with Gasteiger partial charge in [-0.05, 0) is 72.1 Å². The highest BCUT2D eigenvalue weighted by Crippen LogP contribution is 2.46. The summed E-state index contributed by atoms with van der Waals surface area (Å²) >= 11 is 0.371. The van der Waals surface area contributed by atoms with Crippen molar-refractivity contribution < 1.29 is 50.4 Å². The predicted molar refractivity (Wildman–Crippen MR) is 166 cm³/mol. The van der Waals surface area contributed by atoms with Gasteiger partial charge in [0.1, 0.15) is 16.3 Å². The molecule has 0 heterocycles. The van der Waals surface area contributed by atoms with Crippen molar-refractivity contribution in [1.29, 1.82) is 0 Å². The van der Waals surface area contributed by atoms with Crippen LogP contribution in [-0.2, 0) is 29.6 Å². The maximum Gasteiger partial charge on any atom is 0.296 e. The third kappa shape index (κ3) is 6.90. The second-order valence-corrected chi connectivity index (χ2v) is 12.8. The zero-order chi connectivity index (χ0) is 33.2. The zero-order valence-electron chi connectivity index (χ0n) is 23.2. The summed E-state index contributed by atoms with van der Waals surface area (Å²) in [6.07, 6.45) is 0. The molecule has 6 N–H and O–H groups in total. The van der Waals surface area contributed by atoms with Crippen LogP contribution in [0, 0.1) is 0 Å². The van der Waals surface area contributed by atoms with Crippen molar-refractivity contribution in [2.75, 3.05) is 12.8 Å². The van der Waals surface area contributed by atoms with E-state index in [2.05, 4.69) is 29.8 Å². The number of methoxy groups -OCH3 is 1. The van der Waals surface area contributed by atoms with Gasteiger partial charge in [-0.2, -0.15) is 21.9 Å². The van der Waals surface area contributed by atoms with Gasteiger partial charge in [0.25, 0.3) is 20.2 Å². The number of rotatable bonds is 10. The number of azo groups is 2. The van der Waals surface area contributed by atoms with Crippen LogP contribution in [0.25, 0.3) is 21.5 Å². The number of nitrogen functional groups attached to an aromatic ring is 1. The highest BCUT2D eigenvalue weighted by atomic mass is 32.2. The summed E-state index contributed by atoms with van der Waals surface area (Å²) < 4.78 is 76.2. The number of ether oxygens (including phenoxy) is 1. The molecule has 0 saturated carbocycles. The molecule has 0 unspecified atom stereocenters. The second kappa shape index (κ2) is 12.9. The van der Waals surface area contributed by atoms with E-state index in [1.54, 1.807) is 24.3 Å². The monoisotopic (exact) mass is 687 g/mol. The molecule has 5 aromatic rings. The molecule has 0 aliphatic heterocycles. The predicted octanol–water partition coefficient (Wildman–Crippen LogP) is 7.04. The molecule has 0 radical (unpaired) electrons. The molecular formula is C27H21N5O11S3. The number of hydrogen-bond donors (Lipinski definition) is 5. The number of aromatic hydroxyl groups is 1. The summed E-state index contributed by atoms with van der Waals surface area (Å²) in [6.45, 7) is 0. The van der Waals surface area contributed by atoms with Crippen LogP contribution >= 0.6 is 12.0 Å². The zero-order valence-corrected chi connectivity index (χ0v) is 25.6. The average molecular weight is 688 g/mol. The van der Waals surface area contributed by atoms with E-state index in [-0.39, 0.29) is 38.1 Å². The van der Waals surface area contributed by atoms with Crippen LogP contribution in [-0.4, -0.2) is 43.4 Å². The summed E-state index contributed by atoms with van der Waals surface area (Å²) in [5.74, 6) is 0.0735. The Labute approximate surface area is 264 Å². The first-order valence-electron chi connectivity index (χ1n) is 12.5. The number of phenolic OH excluding ortho intramolecular Hbond substituents is 1. The SMILES string of the molecule is COc1ccc(N=Nc2ccc(N=Nc3c(SOOO)cc4cc(S(=O)(=O)O)c(N)cc4c3O)c3cc(S(=O)(=O)O)ccc23)cc1. The maximum absolute atomic E-state index is 11.9. The molecule has 0 atom stereocenters. The summed E-state index contributed by atoms with van der Waals surface area (Å²) in [5, 5.41) is 40.9. The van der Waals surface area contributed by atoms with Crippen LogP contribution < -0.4 is 10.5 Å². The lowest BCUT2D eigenvalue weighted by molar-refractivity contribution is -0.432. The largest absolute Gasteiger partial charge is 0.505 e. The molecule has 0 aliphatic carbocycles. The highest BCUT2D eigenvalue weighted by molar-refractivity contribution is 7.94. The van der Waals surface area contributed by atoms with Gasteiger partial charge in [0, 0.05) is 16.2 Å². The van der Waals surface area contributed by atoms with Gasteiger partial charge in [-0.15, -0.1) is 19.7 Å². The molecule has 46 heavy (non-hydrogen) atoms. The van der Waals surface area contributed by atoms with Gasteiger partial charge in [0.05, 0.1) is 51.7 Å². The van der Waals surface area contributed by atoms with Crippen LogP contribution in [0.4, 0.5) is 28.4 Å². The van der Waals surface area contributed by atoms with Crippen molar-refractivity contribution in [2.24, 2.45) is 20.5 Å². The molecule has 0 spiro atoms. The van der Waals surface area contributed by atoms with Gasteiger partial charge in [0.2, 0.25) is 0 Å². The van der Waals surface area contributed by atoms with Crippen LogP contribution in [0.1, 0.15) is 0 Å². The number of anilines is 1. The maximum atomic E-state index is 11.9. The standard InChI is InChI=1S/C27H21N5O11S3/c1-41-16-4-2-15(3-5-16)29-30-22-8-9-23(20-12-17(45(35,36)37)6-7-18(20)22)31-32-26-24(44-43-42-34)10-14-11-25(46(38,39)40)21(28)13-19(14)27(26)33/h2-13,33-34H,28H2,1H3,(H,35,36,37)(H,38,39,40). The average Bonchev–Trinajstić information content (AvgIpc) is 3.01. The molecule has 0 bridgehead atoms. The number of phenols is 1. The first-order valence-corrected chi connectivity index (χ1v) is 16.2. The normalized spacial score (nSPS) is 12.5. The summed E-state index contributed by atoms with van der Waals surface area (Å²) in [6, 6.07) is 16.8. The number of hydrogen-bond acceptors (Lipinski definition) is 15. The molecule has 19 heteroatoms. The van der Waals surface area contributed by atoms with E-state index >= 15 is 0 Å². The Morgan fingerprint density at radius 3 is 2.07 bits per heavy atom. The fraction of sp³-hybridized carbons (Fsp3) is 0.0370. The fourth-order valence-corrected chi connectivity index (χ4v) is 5.96. The molecule has 0 amide bonds. The lowest BCUT2D eigenvalue weighted by atomic mass is 10.1. The van der Waals surface area contributed by atoms with Crippen LogP contribution in [0.5, 0.6) is 11.5 Å². The van der Waals surface area contributed by atoms with Gasteiger partial charge in [0.15, 0.2) is 5.75 Å². The molecule has 5 aromatic carbocycles. The van der Waals surface area contributed by atoms with E-state index in [4.69, 9.17) is 15.7 Å². The molecule has 16 nitrogen and oxygen atoms in total. The van der Waals surface area contributed by atoms with Gasteiger partial charge in [-0.1, -0.05) is 11.1 Å². The van der Waals surface area contributed by atoms with E-state index in [1.165, 1.54) is 37.4 Å². The van der Waals surface area contributed by atoms with Gasteiger partial charge < -0.3 is 15.6 Å². The molecule has 5 rings (SSSR count). The third-order valence-electron chi connectivity index (χ3n) is 6.46. The van der Waals surface area contributed by atoms with Gasteiger partial charge in [-0.3, -0.25) is 9.11 Å². The Kier molecular flexibility index (Phi) is 9.19. The lowest BCUT2D eigenvalue weighted by Crippen LogP contribution is -2.03. The van der Waals surface area contributed by atoms with Crippen molar-refractivity contribution >= 4 is 82.3 Å². The summed E-state index contributed by atoms with van der Waals surface area (Å²) in [4.78, 5) is -1.10. The minimum atomic E-state index is -4.72. The molecule has 0 aromatic heterocycles. The van der Waals surface area contributed by atoms with Gasteiger partial charge >= 0.3 is 0 Å². The van der Waals surface area contributed by atoms with E-state index < -0.39 is 35.8 Å². The van der Waals surface area contributed by atoms with Crippen molar-refractivity contribution in [2.45, 2.75) is 14.7 Å². The van der Waals surface area contributed by atoms with Gasteiger partial charge in [-0.25, -0.2) is 5.26 Å². The quantitative estimate of drug-likeness (QED) is 0.0247. The number of nitrogens with zero attached hydrogens (tertiary/aromatic N) is 4. The minimum absolute atomic E-state index is 0.0147. The van der Waals surface area contributed by atoms with Crippen LogP contribution in [0.15, 0.2) is 108 Å². The number of benzene rings is 5. The number of nitrogens with two attached hydrogens (primary N) is 1. The van der Waals surface area contributed by atoms with E-state index in [0.29, 0.717) is 34.6 Å². The Hall–Kier alpha value is -4.73. The van der Waals surface area contributed by atoms with Crippen LogP contribution in [0.3, 0.4) is 0 Å². The topological polar surface area (TPSA) is 252 Å².